The number of likely N-dealkylation sites (tertiary alicyclic amines) is 1. The zero-order chi connectivity index (χ0) is 17.0. The molecule has 1 atom stereocenters. The molecule has 126 valence electrons. The van der Waals surface area contributed by atoms with Gasteiger partial charge in [0.15, 0.2) is 0 Å². The zero-order valence-corrected chi connectivity index (χ0v) is 14.4. The van der Waals surface area contributed by atoms with Crippen molar-refractivity contribution in [3.05, 3.63) is 29.1 Å². The maximum absolute atomic E-state index is 12.3. The number of aryl methyl sites for hydroxylation is 2. The first-order valence-corrected chi connectivity index (χ1v) is 7.99. The van der Waals surface area contributed by atoms with Gasteiger partial charge in [-0.2, -0.15) is 0 Å². The van der Waals surface area contributed by atoms with E-state index in [2.05, 4.69) is 10.3 Å². The van der Waals surface area contributed by atoms with E-state index in [9.17, 15) is 9.59 Å². The highest BCUT2D eigenvalue weighted by atomic mass is 16.2. The molecule has 1 aliphatic rings. The highest BCUT2D eigenvalue weighted by molar-refractivity contribution is 5.89. The third kappa shape index (κ3) is 4.76. The highest BCUT2D eigenvalue weighted by Crippen LogP contribution is 2.18. The highest BCUT2D eigenvalue weighted by Gasteiger charge is 2.33. The molecular weight excluding hydrogens is 292 g/mol. The van der Waals surface area contributed by atoms with Crippen LogP contribution in [0.25, 0.3) is 0 Å². The average Bonchev–Trinajstić information content (AvgIpc) is 2.85. The minimum atomic E-state index is -0.247. The molecule has 0 aromatic carbocycles. The van der Waals surface area contributed by atoms with Crippen molar-refractivity contribution in [2.75, 3.05) is 33.7 Å². The monoisotopic (exact) mass is 318 g/mol. The Balaban J connectivity index is 1.85. The van der Waals surface area contributed by atoms with Gasteiger partial charge in [0.1, 0.15) is 0 Å². The normalized spacial score (nSPS) is 17.9. The van der Waals surface area contributed by atoms with Crippen LogP contribution in [0.1, 0.15) is 23.2 Å². The fraction of sp³-hybridized carbons (Fsp3) is 0.588. The summed E-state index contributed by atoms with van der Waals surface area (Å²) in [5.41, 5.74) is 3.10. The lowest BCUT2D eigenvalue weighted by Gasteiger charge is -2.19. The molecule has 1 aromatic rings. The Hall–Kier alpha value is -1.95. The van der Waals surface area contributed by atoms with Gasteiger partial charge in [0.25, 0.3) is 0 Å². The molecule has 0 spiro atoms. The first-order chi connectivity index (χ1) is 10.9. The van der Waals surface area contributed by atoms with E-state index in [1.54, 1.807) is 11.1 Å². The van der Waals surface area contributed by atoms with E-state index in [1.165, 1.54) is 0 Å². The second kappa shape index (κ2) is 7.55. The molecule has 23 heavy (non-hydrogen) atoms. The van der Waals surface area contributed by atoms with Crippen LogP contribution in [0.2, 0.25) is 0 Å². The van der Waals surface area contributed by atoms with Crippen molar-refractivity contribution < 1.29 is 9.59 Å². The predicted octanol–water partition coefficient (Wildman–Crippen LogP) is 0.725. The van der Waals surface area contributed by atoms with Gasteiger partial charge in [-0.05, 0) is 45.1 Å². The van der Waals surface area contributed by atoms with Crippen molar-refractivity contribution in [3.8, 4) is 0 Å². The van der Waals surface area contributed by atoms with Gasteiger partial charge >= 0.3 is 0 Å². The van der Waals surface area contributed by atoms with E-state index in [0.717, 1.165) is 23.4 Å². The van der Waals surface area contributed by atoms with Crippen molar-refractivity contribution in [1.29, 1.82) is 0 Å². The third-order valence-corrected chi connectivity index (χ3v) is 4.21. The number of nitrogens with one attached hydrogen (secondary N) is 1. The number of likely N-dealkylation sites (N-methyl/N-ethyl adjacent to an activating group) is 1. The molecule has 0 saturated carbocycles. The summed E-state index contributed by atoms with van der Waals surface area (Å²) in [5, 5.41) is 2.94. The van der Waals surface area contributed by atoms with Crippen molar-refractivity contribution in [1.82, 2.24) is 20.1 Å². The van der Waals surface area contributed by atoms with Gasteiger partial charge in [0, 0.05) is 44.5 Å². The van der Waals surface area contributed by atoms with E-state index >= 15 is 0 Å². The van der Waals surface area contributed by atoms with Crippen LogP contribution in [0.4, 0.5) is 0 Å². The van der Waals surface area contributed by atoms with E-state index < -0.39 is 0 Å². The molecule has 6 heteroatoms. The third-order valence-electron chi connectivity index (χ3n) is 4.21. The van der Waals surface area contributed by atoms with Crippen LogP contribution in [0.5, 0.6) is 0 Å². The van der Waals surface area contributed by atoms with Gasteiger partial charge in [-0.25, -0.2) is 0 Å². The summed E-state index contributed by atoms with van der Waals surface area (Å²) >= 11 is 0. The summed E-state index contributed by atoms with van der Waals surface area (Å²) in [6.07, 6.45) is 2.11. The molecule has 6 nitrogen and oxygen atoms in total. The summed E-state index contributed by atoms with van der Waals surface area (Å²) in [5.74, 6) is -0.228. The van der Waals surface area contributed by atoms with Gasteiger partial charge < -0.3 is 15.1 Å². The number of hydrogen-bond donors (Lipinski definition) is 1. The van der Waals surface area contributed by atoms with E-state index in [0.29, 0.717) is 26.1 Å². The van der Waals surface area contributed by atoms with Crippen molar-refractivity contribution in [2.24, 2.45) is 5.92 Å². The standard InChI is InChI=1S/C17H26N4O2/c1-12-7-13(2)18-9-15(12)10-19-17(23)14-8-16(22)21(11-14)6-5-20(3)4/h7,9,14H,5-6,8,10-11H2,1-4H3,(H,19,23)/t14-/m1/s1. The van der Waals surface area contributed by atoms with Crippen LogP contribution < -0.4 is 5.32 Å². The molecule has 1 saturated heterocycles. The number of amides is 2. The first-order valence-electron chi connectivity index (χ1n) is 7.99. The largest absolute Gasteiger partial charge is 0.352 e. The topological polar surface area (TPSA) is 65.5 Å². The maximum atomic E-state index is 12.3. The van der Waals surface area contributed by atoms with E-state index in [1.807, 2.05) is 38.9 Å². The van der Waals surface area contributed by atoms with Crippen LogP contribution in [0.15, 0.2) is 12.3 Å². The molecule has 2 rings (SSSR count). The van der Waals surface area contributed by atoms with Crippen LogP contribution in [-0.4, -0.2) is 60.3 Å². The number of aromatic nitrogens is 1. The molecule has 1 N–H and O–H groups in total. The molecule has 1 aliphatic heterocycles. The van der Waals surface area contributed by atoms with Crippen LogP contribution in [0, 0.1) is 19.8 Å². The smallest absolute Gasteiger partial charge is 0.225 e. The summed E-state index contributed by atoms with van der Waals surface area (Å²) in [6.45, 7) is 6.43. The van der Waals surface area contributed by atoms with Crippen LogP contribution in [-0.2, 0) is 16.1 Å². The lowest BCUT2D eigenvalue weighted by Crippen LogP contribution is -2.35. The summed E-state index contributed by atoms with van der Waals surface area (Å²) < 4.78 is 0. The summed E-state index contributed by atoms with van der Waals surface area (Å²) in [4.78, 5) is 32.4. The molecule has 0 bridgehead atoms. The van der Waals surface area contributed by atoms with Crippen molar-refractivity contribution in [2.45, 2.75) is 26.8 Å². The van der Waals surface area contributed by atoms with Gasteiger partial charge in [0.2, 0.25) is 11.8 Å². The maximum Gasteiger partial charge on any atom is 0.225 e. The van der Waals surface area contributed by atoms with Crippen molar-refractivity contribution >= 4 is 11.8 Å². The molecule has 1 aromatic heterocycles. The Morgan fingerprint density at radius 2 is 2.17 bits per heavy atom. The Morgan fingerprint density at radius 1 is 1.43 bits per heavy atom. The van der Waals surface area contributed by atoms with Crippen LogP contribution in [0.3, 0.4) is 0 Å². The lowest BCUT2D eigenvalue weighted by molar-refractivity contribution is -0.129. The number of nitrogens with zero attached hydrogens (tertiary/aromatic N) is 3. The van der Waals surface area contributed by atoms with Gasteiger partial charge in [-0.15, -0.1) is 0 Å². The average molecular weight is 318 g/mol. The fourth-order valence-corrected chi connectivity index (χ4v) is 2.72. The summed E-state index contributed by atoms with van der Waals surface area (Å²) in [6, 6.07) is 2.00. The molecule has 1 fully saturated rings. The number of carbonyl (C=O) groups is 2. The number of hydrogen-bond acceptors (Lipinski definition) is 4. The molecule has 0 aliphatic carbocycles. The van der Waals surface area contributed by atoms with Gasteiger partial charge in [-0.3, -0.25) is 14.6 Å². The minimum absolute atomic E-state index is 0.0503. The number of carbonyl (C=O) groups excluding carboxylic acids is 2. The quantitative estimate of drug-likeness (QED) is 0.839. The molecular formula is C17H26N4O2. The second-order valence-electron chi connectivity index (χ2n) is 6.51. The zero-order valence-electron chi connectivity index (χ0n) is 14.4. The Labute approximate surface area is 137 Å². The summed E-state index contributed by atoms with van der Waals surface area (Å²) in [7, 11) is 3.95. The molecule has 0 unspecified atom stereocenters. The Kier molecular flexibility index (Phi) is 5.71. The van der Waals surface area contributed by atoms with Crippen LogP contribution >= 0.6 is 0 Å². The molecule has 0 radical (unpaired) electrons. The minimum Gasteiger partial charge on any atom is -0.352 e. The lowest BCUT2D eigenvalue weighted by atomic mass is 10.1. The fourth-order valence-electron chi connectivity index (χ4n) is 2.72. The first kappa shape index (κ1) is 17.4. The Bertz CT molecular complexity index is 586. The molecule has 2 amide bonds. The number of pyridine rings is 1. The van der Waals surface area contributed by atoms with Gasteiger partial charge in [-0.1, -0.05) is 0 Å². The SMILES string of the molecule is Cc1cc(C)c(CNC(=O)[C@@H]2CC(=O)N(CCN(C)C)C2)cn1. The van der Waals surface area contributed by atoms with E-state index in [4.69, 9.17) is 0 Å². The Morgan fingerprint density at radius 3 is 2.83 bits per heavy atom. The van der Waals surface area contributed by atoms with E-state index in [-0.39, 0.29) is 17.7 Å². The predicted molar refractivity (Wildman–Crippen MR) is 88.8 cm³/mol. The van der Waals surface area contributed by atoms with Gasteiger partial charge in [0.05, 0.1) is 5.92 Å². The number of rotatable bonds is 6. The second-order valence-corrected chi connectivity index (χ2v) is 6.51. The van der Waals surface area contributed by atoms with Crippen molar-refractivity contribution in [3.63, 3.8) is 0 Å². The molecule has 2 heterocycles.